The van der Waals surface area contributed by atoms with Crippen LogP contribution in [0.5, 0.6) is 11.5 Å². The number of ether oxygens (including phenoxy) is 2. The van der Waals surface area contributed by atoms with Crippen molar-refractivity contribution in [3.05, 3.63) is 46.6 Å². The highest BCUT2D eigenvalue weighted by atomic mass is 35.5. The standard InChI is InChI=1S/C16H13Cl2N3O3/c1-23-14-7-15(24-2)12(6-11(14)18)20-16(22)21-13-4-3-10(17)5-9(13)8-19-21/h3-8H,1-2H3,(H,20,22). The van der Waals surface area contributed by atoms with E-state index in [1.54, 1.807) is 36.5 Å². The molecule has 0 saturated carbocycles. The van der Waals surface area contributed by atoms with Crippen LogP contribution in [0.1, 0.15) is 0 Å². The van der Waals surface area contributed by atoms with Gasteiger partial charge < -0.3 is 14.8 Å². The van der Waals surface area contributed by atoms with Gasteiger partial charge in [-0.1, -0.05) is 23.2 Å². The van der Waals surface area contributed by atoms with Crippen LogP contribution in [0.4, 0.5) is 10.5 Å². The predicted molar refractivity (Wildman–Crippen MR) is 93.7 cm³/mol. The van der Waals surface area contributed by atoms with E-state index in [0.717, 1.165) is 5.39 Å². The van der Waals surface area contributed by atoms with E-state index in [4.69, 9.17) is 32.7 Å². The molecule has 1 amide bonds. The van der Waals surface area contributed by atoms with Gasteiger partial charge in [-0.3, -0.25) is 0 Å². The van der Waals surface area contributed by atoms with E-state index in [1.807, 2.05) is 0 Å². The molecule has 0 spiro atoms. The Labute approximate surface area is 147 Å². The predicted octanol–water partition coefficient (Wildman–Crippen LogP) is 4.44. The van der Waals surface area contributed by atoms with Gasteiger partial charge in [0.2, 0.25) is 0 Å². The summed E-state index contributed by atoms with van der Waals surface area (Å²) in [7, 11) is 2.99. The highest BCUT2D eigenvalue weighted by Gasteiger charge is 2.15. The van der Waals surface area contributed by atoms with Gasteiger partial charge in [-0.25, -0.2) is 4.79 Å². The van der Waals surface area contributed by atoms with Crippen LogP contribution in [0.25, 0.3) is 10.9 Å². The fourth-order valence-corrected chi connectivity index (χ4v) is 2.71. The molecular formula is C16H13Cl2N3O3. The quantitative estimate of drug-likeness (QED) is 0.744. The van der Waals surface area contributed by atoms with Crippen molar-refractivity contribution in [2.24, 2.45) is 0 Å². The molecule has 0 aliphatic carbocycles. The number of rotatable bonds is 3. The van der Waals surface area contributed by atoms with E-state index >= 15 is 0 Å². The minimum absolute atomic E-state index is 0.353. The molecule has 8 heteroatoms. The number of carbonyl (C=O) groups is 1. The number of halogens is 2. The smallest absolute Gasteiger partial charge is 0.347 e. The molecule has 0 bridgehead atoms. The van der Waals surface area contributed by atoms with Crippen molar-refractivity contribution in [3.63, 3.8) is 0 Å². The van der Waals surface area contributed by atoms with E-state index in [9.17, 15) is 4.79 Å². The van der Waals surface area contributed by atoms with Crippen LogP contribution in [0.15, 0.2) is 36.5 Å². The number of anilines is 1. The molecule has 0 fully saturated rings. The Balaban J connectivity index is 1.95. The maximum atomic E-state index is 12.5. The van der Waals surface area contributed by atoms with Gasteiger partial charge in [0.25, 0.3) is 0 Å². The lowest BCUT2D eigenvalue weighted by atomic mass is 10.2. The molecule has 0 aliphatic rings. The lowest BCUT2D eigenvalue weighted by molar-refractivity contribution is 0.251. The van der Waals surface area contributed by atoms with Gasteiger partial charge in [0.05, 0.1) is 36.6 Å². The van der Waals surface area contributed by atoms with Crippen molar-refractivity contribution in [3.8, 4) is 11.5 Å². The van der Waals surface area contributed by atoms with Gasteiger partial charge >= 0.3 is 6.03 Å². The van der Waals surface area contributed by atoms with Crippen LogP contribution >= 0.6 is 23.2 Å². The molecule has 0 aliphatic heterocycles. The van der Waals surface area contributed by atoms with E-state index in [-0.39, 0.29) is 0 Å². The first kappa shape index (κ1) is 16.4. The van der Waals surface area contributed by atoms with Crippen molar-refractivity contribution in [2.45, 2.75) is 0 Å². The summed E-state index contributed by atoms with van der Waals surface area (Å²) in [6.07, 6.45) is 1.57. The Bertz CT molecular complexity index is 924. The fraction of sp³-hybridized carbons (Fsp3) is 0.125. The molecule has 0 radical (unpaired) electrons. The molecule has 124 valence electrons. The van der Waals surface area contributed by atoms with Gasteiger partial charge in [-0.15, -0.1) is 0 Å². The summed E-state index contributed by atoms with van der Waals surface area (Å²) in [5.41, 5.74) is 1.04. The third-order valence-electron chi connectivity index (χ3n) is 3.44. The number of hydrogen-bond acceptors (Lipinski definition) is 4. The zero-order valence-electron chi connectivity index (χ0n) is 12.8. The van der Waals surface area contributed by atoms with Gasteiger partial charge in [0.1, 0.15) is 11.5 Å². The molecule has 2 aromatic carbocycles. The van der Waals surface area contributed by atoms with Crippen molar-refractivity contribution < 1.29 is 14.3 Å². The first-order valence-electron chi connectivity index (χ1n) is 6.89. The van der Waals surface area contributed by atoms with Crippen LogP contribution in [-0.4, -0.2) is 30.0 Å². The Morgan fingerprint density at radius 3 is 2.58 bits per heavy atom. The lowest BCUT2D eigenvalue weighted by Gasteiger charge is -2.13. The summed E-state index contributed by atoms with van der Waals surface area (Å²) in [5, 5.41) is 8.51. The number of hydrogen-bond donors (Lipinski definition) is 1. The molecular weight excluding hydrogens is 353 g/mol. The number of amides is 1. The van der Waals surface area contributed by atoms with Gasteiger partial charge in [0.15, 0.2) is 0 Å². The summed E-state index contributed by atoms with van der Waals surface area (Å²) in [4.78, 5) is 12.5. The molecule has 0 saturated heterocycles. The topological polar surface area (TPSA) is 65.4 Å². The minimum Gasteiger partial charge on any atom is -0.495 e. The van der Waals surface area contributed by atoms with Crippen LogP contribution < -0.4 is 14.8 Å². The molecule has 0 unspecified atom stereocenters. The second kappa shape index (κ2) is 6.59. The zero-order valence-corrected chi connectivity index (χ0v) is 14.4. The molecule has 3 aromatic rings. The SMILES string of the molecule is COc1cc(OC)c(NC(=O)n2ncc3cc(Cl)ccc32)cc1Cl. The Morgan fingerprint density at radius 2 is 1.88 bits per heavy atom. The summed E-state index contributed by atoms with van der Waals surface area (Å²) in [5.74, 6) is 0.870. The highest BCUT2D eigenvalue weighted by molar-refractivity contribution is 6.32. The van der Waals surface area contributed by atoms with E-state index < -0.39 is 6.03 Å². The van der Waals surface area contributed by atoms with E-state index in [0.29, 0.717) is 32.7 Å². The number of nitrogens with zero attached hydrogens (tertiary/aromatic N) is 2. The van der Waals surface area contributed by atoms with Gasteiger partial charge in [-0.2, -0.15) is 9.78 Å². The molecule has 0 atom stereocenters. The maximum absolute atomic E-state index is 12.5. The number of fused-ring (bicyclic) bond motifs is 1. The normalized spacial score (nSPS) is 10.7. The van der Waals surface area contributed by atoms with Crippen molar-refractivity contribution in [1.82, 2.24) is 9.78 Å². The third-order valence-corrected chi connectivity index (χ3v) is 3.97. The number of nitrogens with one attached hydrogen (secondary N) is 1. The largest absolute Gasteiger partial charge is 0.495 e. The van der Waals surface area contributed by atoms with Crippen molar-refractivity contribution in [1.29, 1.82) is 0 Å². The molecule has 24 heavy (non-hydrogen) atoms. The molecule has 6 nitrogen and oxygen atoms in total. The average molecular weight is 366 g/mol. The van der Waals surface area contributed by atoms with E-state index in [1.165, 1.54) is 18.9 Å². The van der Waals surface area contributed by atoms with Gasteiger partial charge in [-0.05, 0) is 24.3 Å². The molecule has 1 heterocycles. The minimum atomic E-state index is -0.452. The number of benzene rings is 2. The summed E-state index contributed by atoms with van der Waals surface area (Å²) in [6, 6.07) is 7.85. The first-order chi connectivity index (χ1) is 11.5. The summed E-state index contributed by atoms with van der Waals surface area (Å²) >= 11 is 12.1. The second-order valence-electron chi connectivity index (χ2n) is 4.88. The molecule has 1 N–H and O–H groups in total. The highest BCUT2D eigenvalue weighted by Crippen LogP contribution is 2.36. The Morgan fingerprint density at radius 1 is 1.12 bits per heavy atom. The van der Waals surface area contributed by atoms with Crippen LogP contribution in [-0.2, 0) is 0 Å². The van der Waals surface area contributed by atoms with Gasteiger partial charge in [0, 0.05) is 16.5 Å². The molecule has 1 aromatic heterocycles. The summed E-state index contributed by atoms with van der Waals surface area (Å²) < 4.78 is 11.6. The van der Waals surface area contributed by atoms with Crippen LogP contribution in [0.2, 0.25) is 10.0 Å². The van der Waals surface area contributed by atoms with Crippen LogP contribution in [0.3, 0.4) is 0 Å². The van der Waals surface area contributed by atoms with Crippen molar-refractivity contribution >= 4 is 45.8 Å². The zero-order chi connectivity index (χ0) is 17.3. The fourth-order valence-electron chi connectivity index (χ4n) is 2.29. The lowest BCUT2D eigenvalue weighted by Crippen LogP contribution is -2.20. The molecule has 3 rings (SSSR count). The Kier molecular flexibility index (Phi) is 4.51. The second-order valence-corrected chi connectivity index (χ2v) is 5.72. The number of aromatic nitrogens is 2. The number of methoxy groups -OCH3 is 2. The average Bonchev–Trinajstić information content (AvgIpc) is 2.98. The first-order valence-corrected chi connectivity index (χ1v) is 7.65. The third kappa shape index (κ3) is 2.98. The monoisotopic (exact) mass is 365 g/mol. The van der Waals surface area contributed by atoms with Crippen LogP contribution in [0, 0.1) is 0 Å². The maximum Gasteiger partial charge on any atom is 0.347 e. The number of carbonyl (C=O) groups excluding carboxylic acids is 1. The summed E-state index contributed by atoms with van der Waals surface area (Å²) in [6.45, 7) is 0. The van der Waals surface area contributed by atoms with Crippen molar-refractivity contribution in [2.75, 3.05) is 19.5 Å². The van der Waals surface area contributed by atoms with E-state index in [2.05, 4.69) is 10.4 Å². The Hall–Kier alpha value is -2.44.